The maximum atomic E-state index is 12.6. The molecule has 0 aromatic heterocycles. The summed E-state index contributed by atoms with van der Waals surface area (Å²) in [7, 11) is 0. The molecule has 1 rings (SSSR count). The normalized spacial score (nSPS) is 11.1. The Labute approximate surface area is 93.4 Å². The van der Waals surface area contributed by atoms with Crippen LogP contribution < -0.4 is 5.32 Å². The number of hydrogen-bond acceptors (Lipinski definition) is 3. The van der Waals surface area contributed by atoms with Gasteiger partial charge in [0.1, 0.15) is 5.69 Å². The van der Waals surface area contributed by atoms with Crippen LogP contribution >= 0.6 is 0 Å². The van der Waals surface area contributed by atoms with Crippen LogP contribution in [0.15, 0.2) is 18.2 Å². The smallest absolute Gasteiger partial charge is 0.320 e. The van der Waals surface area contributed by atoms with E-state index < -0.39 is 33.9 Å². The number of carbonyl (C=O) groups excluding carboxylic acids is 1. The van der Waals surface area contributed by atoms with Crippen molar-refractivity contribution in [3.8, 4) is 0 Å². The number of hydrogen-bond donors (Lipinski definition) is 1. The van der Waals surface area contributed by atoms with E-state index in [0.29, 0.717) is 6.07 Å². The van der Waals surface area contributed by atoms with Crippen LogP contribution in [0.25, 0.3) is 0 Å². The number of amides is 1. The van der Waals surface area contributed by atoms with E-state index >= 15 is 0 Å². The van der Waals surface area contributed by atoms with Gasteiger partial charge in [0.25, 0.3) is 5.69 Å². The molecule has 1 amide bonds. The Morgan fingerprint density at radius 2 is 2.00 bits per heavy atom. The zero-order valence-electron chi connectivity index (χ0n) is 8.54. The molecule has 0 aliphatic rings. The number of nitro benzene ring substituents is 1. The number of benzene rings is 1. The number of rotatable bonds is 2. The lowest BCUT2D eigenvalue weighted by atomic mass is 10.1. The number of anilines is 1. The topological polar surface area (TPSA) is 72.2 Å². The Bertz CT molecular complexity index is 471. The van der Waals surface area contributed by atoms with E-state index in [-0.39, 0.29) is 0 Å². The fourth-order valence-corrected chi connectivity index (χ4v) is 1.24. The van der Waals surface area contributed by atoms with Crippen LogP contribution in [0.1, 0.15) is 12.5 Å². The third-order valence-corrected chi connectivity index (χ3v) is 1.85. The molecule has 17 heavy (non-hydrogen) atoms. The Kier molecular flexibility index (Phi) is 3.35. The van der Waals surface area contributed by atoms with Gasteiger partial charge < -0.3 is 5.32 Å². The second-order valence-electron chi connectivity index (χ2n) is 3.14. The van der Waals surface area contributed by atoms with Crippen molar-refractivity contribution in [1.29, 1.82) is 0 Å². The minimum absolute atomic E-state index is 0.665. The molecule has 1 aromatic rings. The number of carbonyl (C=O) groups is 1. The molecule has 0 atom stereocenters. The summed E-state index contributed by atoms with van der Waals surface area (Å²) in [6.45, 7) is 0.969. The molecule has 0 saturated carbocycles. The first-order chi connectivity index (χ1) is 7.73. The molecular weight excluding hydrogens is 241 g/mol. The molecule has 0 saturated heterocycles. The van der Waals surface area contributed by atoms with Crippen molar-refractivity contribution in [2.24, 2.45) is 0 Å². The first kappa shape index (κ1) is 12.9. The van der Waals surface area contributed by atoms with Crippen molar-refractivity contribution in [3.05, 3.63) is 33.9 Å². The van der Waals surface area contributed by atoms with Gasteiger partial charge in [0.2, 0.25) is 5.91 Å². The third-order valence-electron chi connectivity index (χ3n) is 1.85. The number of halogens is 3. The zero-order valence-corrected chi connectivity index (χ0v) is 8.54. The highest BCUT2D eigenvalue weighted by molar-refractivity contribution is 5.92. The summed E-state index contributed by atoms with van der Waals surface area (Å²) in [5, 5.41) is 12.4. The summed E-state index contributed by atoms with van der Waals surface area (Å²) < 4.78 is 37.7. The molecule has 0 aliphatic carbocycles. The molecule has 92 valence electrons. The average molecular weight is 248 g/mol. The van der Waals surface area contributed by atoms with Gasteiger partial charge in [-0.1, -0.05) is 6.07 Å². The van der Waals surface area contributed by atoms with E-state index in [0.717, 1.165) is 19.1 Å². The van der Waals surface area contributed by atoms with Crippen LogP contribution in [0.5, 0.6) is 0 Å². The molecule has 0 spiro atoms. The van der Waals surface area contributed by atoms with Crippen LogP contribution in [0.3, 0.4) is 0 Å². The van der Waals surface area contributed by atoms with E-state index in [2.05, 4.69) is 0 Å². The molecule has 0 radical (unpaired) electrons. The number of nitrogens with zero attached hydrogens (tertiary/aromatic N) is 1. The number of nitro groups is 1. The highest BCUT2D eigenvalue weighted by Gasteiger charge is 2.37. The Morgan fingerprint density at radius 3 is 2.41 bits per heavy atom. The summed E-state index contributed by atoms with van der Waals surface area (Å²) in [5.41, 5.74) is -2.88. The molecular formula is C9H7F3N2O3. The van der Waals surface area contributed by atoms with Crippen molar-refractivity contribution in [3.63, 3.8) is 0 Å². The van der Waals surface area contributed by atoms with Crippen LogP contribution in [-0.2, 0) is 11.0 Å². The fourth-order valence-electron chi connectivity index (χ4n) is 1.24. The zero-order chi connectivity index (χ0) is 13.2. The van der Waals surface area contributed by atoms with E-state index in [4.69, 9.17) is 0 Å². The number of para-hydroxylation sites is 1. The molecule has 1 aromatic carbocycles. The summed E-state index contributed by atoms with van der Waals surface area (Å²) in [4.78, 5) is 20.3. The van der Waals surface area contributed by atoms with Gasteiger partial charge in [-0.3, -0.25) is 14.9 Å². The van der Waals surface area contributed by atoms with Gasteiger partial charge in [0.15, 0.2) is 0 Å². The second kappa shape index (κ2) is 4.40. The quantitative estimate of drug-likeness (QED) is 0.645. The van der Waals surface area contributed by atoms with Crippen LogP contribution in [0.4, 0.5) is 24.5 Å². The van der Waals surface area contributed by atoms with Crippen molar-refractivity contribution >= 4 is 17.3 Å². The van der Waals surface area contributed by atoms with Crippen LogP contribution in [0, 0.1) is 10.1 Å². The van der Waals surface area contributed by atoms with Crippen molar-refractivity contribution in [1.82, 2.24) is 0 Å². The molecule has 0 unspecified atom stereocenters. The van der Waals surface area contributed by atoms with Gasteiger partial charge in [-0.15, -0.1) is 0 Å². The minimum Gasteiger partial charge on any atom is -0.320 e. The molecule has 0 fully saturated rings. The SMILES string of the molecule is CC(=O)Nc1c([N+](=O)[O-])cccc1C(F)(F)F. The largest absolute Gasteiger partial charge is 0.418 e. The third kappa shape index (κ3) is 2.92. The summed E-state index contributed by atoms with van der Waals surface area (Å²) in [6, 6.07) is 2.46. The molecule has 1 N–H and O–H groups in total. The number of alkyl halides is 3. The first-order valence-electron chi connectivity index (χ1n) is 4.35. The van der Waals surface area contributed by atoms with Gasteiger partial charge in [-0.25, -0.2) is 0 Å². The van der Waals surface area contributed by atoms with Gasteiger partial charge in [-0.05, 0) is 6.07 Å². The van der Waals surface area contributed by atoms with Gasteiger partial charge >= 0.3 is 6.18 Å². The number of nitrogens with one attached hydrogen (secondary N) is 1. The van der Waals surface area contributed by atoms with Gasteiger partial charge in [0, 0.05) is 13.0 Å². The van der Waals surface area contributed by atoms with Gasteiger partial charge in [-0.2, -0.15) is 13.2 Å². The maximum absolute atomic E-state index is 12.6. The lowest BCUT2D eigenvalue weighted by Crippen LogP contribution is -2.15. The lowest BCUT2D eigenvalue weighted by Gasteiger charge is -2.12. The Morgan fingerprint density at radius 1 is 1.41 bits per heavy atom. The monoisotopic (exact) mass is 248 g/mol. The average Bonchev–Trinajstić information content (AvgIpc) is 2.14. The van der Waals surface area contributed by atoms with Crippen molar-refractivity contribution < 1.29 is 22.9 Å². The molecule has 0 heterocycles. The minimum atomic E-state index is -4.77. The van der Waals surface area contributed by atoms with E-state index in [1.807, 2.05) is 5.32 Å². The Hall–Kier alpha value is -2.12. The van der Waals surface area contributed by atoms with E-state index in [9.17, 15) is 28.1 Å². The first-order valence-corrected chi connectivity index (χ1v) is 4.35. The highest BCUT2D eigenvalue weighted by atomic mass is 19.4. The summed E-state index contributed by atoms with van der Waals surface area (Å²) in [6.07, 6.45) is -4.77. The summed E-state index contributed by atoms with van der Waals surface area (Å²) >= 11 is 0. The van der Waals surface area contributed by atoms with Crippen molar-refractivity contribution in [2.45, 2.75) is 13.1 Å². The lowest BCUT2D eigenvalue weighted by molar-refractivity contribution is -0.384. The molecule has 8 heteroatoms. The second-order valence-corrected chi connectivity index (χ2v) is 3.14. The predicted octanol–water partition coefficient (Wildman–Crippen LogP) is 2.57. The highest BCUT2D eigenvalue weighted by Crippen LogP contribution is 2.39. The van der Waals surface area contributed by atoms with Crippen molar-refractivity contribution in [2.75, 3.05) is 5.32 Å². The van der Waals surface area contributed by atoms with Gasteiger partial charge in [0.05, 0.1) is 10.5 Å². The molecule has 5 nitrogen and oxygen atoms in total. The maximum Gasteiger partial charge on any atom is 0.418 e. The van der Waals surface area contributed by atoms with E-state index in [1.54, 1.807) is 0 Å². The summed E-state index contributed by atoms with van der Waals surface area (Å²) in [5.74, 6) is -0.815. The van der Waals surface area contributed by atoms with Crippen LogP contribution in [0.2, 0.25) is 0 Å². The standard InChI is InChI=1S/C9H7F3N2O3/c1-5(15)13-8-6(9(10,11)12)3-2-4-7(8)14(16)17/h2-4H,1H3,(H,13,15). The predicted molar refractivity (Wildman–Crippen MR) is 52.4 cm³/mol. The Balaban J connectivity index is 3.45. The molecule has 0 bridgehead atoms. The van der Waals surface area contributed by atoms with Crippen LogP contribution in [-0.4, -0.2) is 10.8 Å². The molecule has 0 aliphatic heterocycles. The fraction of sp³-hybridized carbons (Fsp3) is 0.222. The van der Waals surface area contributed by atoms with E-state index in [1.165, 1.54) is 0 Å².